The molecule has 0 saturated carbocycles. The third kappa shape index (κ3) is 2.86. The zero-order chi connectivity index (χ0) is 12.3. The lowest BCUT2D eigenvalue weighted by molar-refractivity contribution is -0.178. The minimum absolute atomic E-state index is 0.299. The van der Waals surface area contributed by atoms with Crippen molar-refractivity contribution in [1.29, 1.82) is 0 Å². The van der Waals surface area contributed by atoms with E-state index in [9.17, 15) is 4.79 Å². The molecule has 0 aliphatic carbocycles. The van der Waals surface area contributed by atoms with Crippen molar-refractivity contribution < 1.29 is 14.6 Å². The Hall–Kier alpha value is -0.910. The number of carboxylic acids is 1. The maximum absolute atomic E-state index is 11.1. The van der Waals surface area contributed by atoms with Gasteiger partial charge in [-0.2, -0.15) is 0 Å². The molecule has 0 unspecified atom stereocenters. The molecule has 0 amide bonds. The molecule has 1 saturated heterocycles. The first-order valence-corrected chi connectivity index (χ1v) is 6.18. The fourth-order valence-electron chi connectivity index (χ4n) is 1.74. The predicted octanol–water partition coefficient (Wildman–Crippen LogP) is 1.64. The van der Waals surface area contributed by atoms with Gasteiger partial charge in [-0.1, -0.05) is 28.1 Å². The number of carbonyl (C=O) groups is 1. The van der Waals surface area contributed by atoms with Gasteiger partial charge in [-0.25, -0.2) is 0 Å². The maximum atomic E-state index is 11.1. The van der Waals surface area contributed by atoms with Gasteiger partial charge in [0, 0.05) is 17.6 Å². The Kier molecular flexibility index (Phi) is 3.81. The van der Waals surface area contributed by atoms with Gasteiger partial charge < -0.3 is 15.2 Å². The molecule has 1 heterocycles. The standard InChI is InChI=1S/C12H14BrNO3/c13-10-3-1-2-9(4-10)5-14-6-12(11(15)16)7-17-8-12/h1-4,14H,5-8H2,(H,15,16). The lowest BCUT2D eigenvalue weighted by Crippen LogP contribution is -2.55. The van der Waals surface area contributed by atoms with Gasteiger partial charge in [-0.05, 0) is 17.7 Å². The monoisotopic (exact) mass is 299 g/mol. The number of aliphatic carboxylic acids is 1. The van der Waals surface area contributed by atoms with Crippen LogP contribution in [0.5, 0.6) is 0 Å². The highest BCUT2D eigenvalue weighted by atomic mass is 79.9. The number of ether oxygens (including phenoxy) is 1. The number of rotatable bonds is 5. The van der Waals surface area contributed by atoms with E-state index in [4.69, 9.17) is 9.84 Å². The number of hydrogen-bond acceptors (Lipinski definition) is 3. The maximum Gasteiger partial charge on any atom is 0.315 e. The summed E-state index contributed by atoms with van der Waals surface area (Å²) < 4.78 is 6.02. The van der Waals surface area contributed by atoms with Gasteiger partial charge in [0.15, 0.2) is 0 Å². The first kappa shape index (κ1) is 12.5. The summed E-state index contributed by atoms with van der Waals surface area (Å²) in [5, 5.41) is 12.3. The van der Waals surface area contributed by atoms with Gasteiger partial charge in [-0.15, -0.1) is 0 Å². The van der Waals surface area contributed by atoms with E-state index in [-0.39, 0.29) is 0 Å². The first-order valence-electron chi connectivity index (χ1n) is 5.39. The van der Waals surface area contributed by atoms with Crippen molar-refractivity contribution in [3.8, 4) is 0 Å². The van der Waals surface area contributed by atoms with Crippen LogP contribution < -0.4 is 5.32 Å². The third-order valence-corrected chi connectivity index (χ3v) is 3.39. The minimum atomic E-state index is -0.787. The van der Waals surface area contributed by atoms with E-state index in [0.717, 1.165) is 10.0 Å². The Morgan fingerprint density at radius 2 is 2.29 bits per heavy atom. The van der Waals surface area contributed by atoms with Crippen LogP contribution in [0.4, 0.5) is 0 Å². The van der Waals surface area contributed by atoms with Crippen LogP contribution in [0.1, 0.15) is 5.56 Å². The SMILES string of the molecule is O=C(O)C1(CNCc2cccc(Br)c2)COC1. The van der Waals surface area contributed by atoms with Crippen LogP contribution in [-0.2, 0) is 16.1 Å². The molecule has 2 N–H and O–H groups in total. The summed E-state index contributed by atoms with van der Waals surface area (Å²) in [5.41, 5.74) is 0.395. The average molecular weight is 300 g/mol. The van der Waals surface area contributed by atoms with E-state index in [1.54, 1.807) is 0 Å². The van der Waals surface area contributed by atoms with Gasteiger partial charge in [0.1, 0.15) is 5.41 Å². The summed E-state index contributed by atoms with van der Waals surface area (Å²) in [6.07, 6.45) is 0. The molecule has 1 aromatic carbocycles. The van der Waals surface area contributed by atoms with Gasteiger partial charge in [-0.3, -0.25) is 4.79 Å². The highest BCUT2D eigenvalue weighted by Gasteiger charge is 2.45. The Labute approximate surface area is 108 Å². The van der Waals surface area contributed by atoms with Gasteiger partial charge >= 0.3 is 5.97 Å². The molecule has 0 bridgehead atoms. The molecule has 1 aliphatic rings. The largest absolute Gasteiger partial charge is 0.481 e. The zero-order valence-corrected chi connectivity index (χ0v) is 10.9. The predicted molar refractivity (Wildman–Crippen MR) is 66.7 cm³/mol. The summed E-state index contributed by atoms with van der Waals surface area (Å²) in [5.74, 6) is -0.787. The van der Waals surface area contributed by atoms with Crippen molar-refractivity contribution in [2.75, 3.05) is 19.8 Å². The molecule has 0 atom stereocenters. The van der Waals surface area contributed by atoms with Crippen LogP contribution in [0.25, 0.3) is 0 Å². The number of halogens is 1. The second-order valence-corrected chi connectivity index (χ2v) is 5.23. The molecule has 17 heavy (non-hydrogen) atoms. The van der Waals surface area contributed by atoms with E-state index in [0.29, 0.717) is 26.3 Å². The molecule has 5 heteroatoms. The fourth-order valence-corrected chi connectivity index (χ4v) is 2.19. The Morgan fingerprint density at radius 1 is 1.53 bits per heavy atom. The molecule has 4 nitrogen and oxygen atoms in total. The van der Waals surface area contributed by atoms with Crippen molar-refractivity contribution in [1.82, 2.24) is 5.32 Å². The normalized spacial score (nSPS) is 17.5. The zero-order valence-electron chi connectivity index (χ0n) is 9.28. The molecule has 0 radical (unpaired) electrons. The van der Waals surface area contributed by atoms with E-state index in [1.165, 1.54) is 0 Å². The van der Waals surface area contributed by atoms with Crippen molar-refractivity contribution in [2.24, 2.45) is 5.41 Å². The lowest BCUT2D eigenvalue weighted by atomic mass is 9.86. The van der Waals surface area contributed by atoms with E-state index in [1.807, 2.05) is 24.3 Å². The Bertz CT molecular complexity index is 418. The Balaban J connectivity index is 1.85. The van der Waals surface area contributed by atoms with Crippen LogP contribution in [0, 0.1) is 5.41 Å². The molecule has 1 aliphatic heterocycles. The van der Waals surface area contributed by atoms with Crippen molar-refractivity contribution >= 4 is 21.9 Å². The molecular formula is C12H14BrNO3. The summed E-state index contributed by atoms with van der Waals surface area (Å²) in [6, 6.07) is 7.93. The van der Waals surface area contributed by atoms with E-state index >= 15 is 0 Å². The molecule has 1 aromatic rings. The van der Waals surface area contributed by atoms with Crippen LogP contribution in [0.15, 0.2) is 28.7 Å². The third-order valence-electron chi connectivity index (χ3n) is 2.89. The summed E-state index contributed by atoms with van der Waals surface area (Å²) >= 11 is 3.40. The molecule has 0 spiro atoms. The number of benzene rings is 1. The molecule has 1 fully saturated rings. The van der Waals surface area contributed by atoms with E-state index < -0.39 is 11.4 Å². The smallest absolute Gasteiger partial charge is 0.315 e. The number of hydrogen-bond donors (Lipinski definition) is 2. The summed E-state index contributed by atoms with van der Waals surface area (Å²) in [4.78, 5) is 11.1. The van der Waals surface area contributed by atoms with E-state index in [2.05, 4.69) is 21.2 Å². The molecule has 92 valence electrons. The lowest BCUT2D eigenvalue weighted by Gasteiger charge is -2.37. The fraction of sp³-hybridized carbons (Fsp3) is 0.417. The van der Waals surface area contributed by atoms with Gasteiger partial charge in [0.25, 0.3) is 0 Å². The summed E-state index contributed by atoms with van der Waals surface area (Å²) in [6.45, 7) is 1.70. The van der Waals surface area contributed by atoms with Crippen molar-refractivity contribution in [3.05, 3.63) is 34.3 Å². The van der Waals surface area contributed by atoms with Crippen LogP contribution in [0.2, 0.25) is 0 Å². The molecular weight excluding hydrogens is 286 g/mol. The summed E-state index contributed by atoms with van der Waals surface area (Å²) in [7, 11) is 0. The first-order chi connectivity index (χ1) is 8.12. The quantitative estimate of drug-likeness (QED) is 0.868. The number of nitrogens with one attached hydrogen (secondary N) is 1. The Morgan fingerprint density at radius 3 is 2.82 bits per heavy atom. The van der Waals surface area contributed by atoms with Crippen molar-refractivity contribution in [2.45, 2.75) is 6.54 Å². The minimum Gasteiger partial charge on any atom is -0.481 e. The number of carboxylic acid groups (broad SMARTS) is 1. The topological polar surface area (TPSA) is 58.6 Å². The van der Waals surface area contributed by atoms with Gasteiger partial charge in [0.2, 0.25) is 0 Å². The van der Waals surface area contributed by atoms with Crippen molar-refractivity contribution in [3.63, 3.8) is 0 Å². The average Bonchev–Trinajstić information content (AvgIpc) is 2.21. The van der Waals surface area contributed by atoms with Crippen LogP contribution in [-0.4, -0.2) is 30.8 Å². The van der Waals surface area contributed by atoms with Crippen LogP contribution >= 0.6 is 15.9 Å². The highest BCUT2D eigenvalue weighted by molar-refractivity contribution is 9.10. The second kappa shape index (κ2) is 5.16. The second-order valence-electron chi connectivity index (χ2n) is 4.31. The van der Waals surface area contributed by atoms with Crippen LogP contribution in [0.3, 0.4) is 0 Å². The highest BCUT2D eigenvalue weighted by Crippen LogP contribution is 2.26. The molecule has 2 rings (SSSR count). The molecule has 0 aromatic heterocycles. The van der Waals surface area contributed by atoms with Gasteiger partial charge in [0.05, 0.1) is 13.2 Å².